The van der Waals surface area contributed by atoms with Crippen molar-refractivity contribution in [2.45, 2.75) is 57.7 Å². The molecule has 1 aromatic heterocycles. The van der Waals surface area contributed by atoms with E-state index in [0.29, 0.717) is 0 Å². The Morgan fingerprint density at radius 2 is 1.81 bits per heavy atom. The minimum absolute atomic E-state index is 0.0109. The van der Waals surface area contributed by atoms with Crippen molar-refractivity contribution in [2.75, 3.05) is 0 Å². The van der Waals surface area contributed by atoms with Crippen molar-refractivity contribution in [3.05, 3.63) is 56.3 Å². The van der Waals surface area contributed by atoms with Gasteiger partial charge in [-0.1, -0.05) is 32.0 Å². The topological polar surface area (TPSA) is 0 Å². The van der Waals surface area contributed by atoms with E-state index in [1.54, 1.807) is 10.4 Å². The highest BCUT2D eigenvalue weighted by Gasteiger charge is 2.19. The molecule has 2 heteroatoms. The van der Waals surface area contributed by atoms with Gasteiger partial charge >= 0.3 is 0 Å². The molecular weight excluding hydrogens is 296 g/mol. The lowest BCUT2D eigenvalue weighted by Crippen LogP contribution is -1.97. The van der Waals surface area contributed by atoms with Crippen LogP contribution in [0.1, 0.15) is 64.1 Å². The van der Waals surface area contributed by atoms with Crippen LogP contribution < -0.4 is 0 Å². The molecule has 0 N–H and O–H groups in total. The quantitative estimate of drug-likeness (QED) is 0.599. The lowest BCUT2D eigenvalue weighted by Gasteiger charge is -2.12. The van der Waals surface area contributed by atoms with Crippen LogP contribution in [0.4, 0.5) is 0 Å². The third-order valence-corrected chi connectivity index (χ3v) is 6.47. The van der Waals surface area contributed by atoms with E-state index in [9.17, 15) is 0 Å². The Morgan fingerprint density at radius 3 is 2.52 bits per heavy atom. The summed E-state index contributed by atoms with van der Waals surface area (Å²) in [4.78, 5) is 2.90. The van der Waals surface area contributed by atoms with Crippen molar-refractivity contribution >= 4 is 22.9 Å². The number of aryl methyl sites for hydroxylation is 4. The second-order valence-electron chi connectivity index (χ2n) is 5.90. The maximum absolute atomic E-state index is 6.79. The number of thiophene rings is 1. The van der Waals surface area contributed by atoms with Crippen molar-refractivity contribution in [1.29, 1.82) is 0 Å². The maximum atomic E-state index is 6.79. The molecule has 0 saturated carbocycles. The molecule has 1 aromatic carbocycles. The number of hydrogen-bond acceptors (Lipinski definition) is 1. The van der Waals surface area contributed by atoms with Gasteiger partial charge in [0, 0.05) is 9.75 Å². The van der Waals surface area contributed by atoms with E-state index in [4.69, 9.17) is 11.6 Å². The molecule has 1 atom stereocenters. The summed E-state index contributed by atoms with van der Waals surface area (Å²) >= 11 is 8.72. The van der Waals surface area contributed by atoms with E-state index < -0.39 is 0 Å². The standard InChI is InChI=1S/C19H23ClS/c1-3-13-9-10-16(11-14(13)4-2)19(20)18-12-15-7-5-6-8-17(15)21-18/h9-12,19H,3-8H2,1-2H3. The highest BCUT2D eigenvalue weighted by atomic mass is 35.5. The van der Waals surface area contributed by atoms with E-state index in [-0.39, 0.29) is 5.38 Å². The predicted octanol–water partition coefficient (Wildman–Crippen LogP) is 6.08. The molecule has 0 fully saturated rings. The van der Waals surface area contributed by atoms with Crippen LogP contribution in [0.5, 0.6) is 0 Å². The SMILES string of the molecule is CCc1ccc(C(Cl)c2cc3c(s2)CCCC3)cc1CC. The van der Waals surface area contributed by atoms with E-state index in [1.165, 1.54) is 47.3 Å². The van der Waals surface area contributed by atoms with Crippen LogP contribution in [-0.4, -0.2) is 0 Å². The third-order valence-electron chi connectivity index (χ3n) is 4.55. The van der Waals surface area contributed by atoms with E-state index in [0.717, 1.165) is 12.8 Å². The Kier molecular flexibility index (Phi) is 4.71. The van der Waals surface area contributed by atoms with Gasteiger partial charge in [0.15, 0.2) is 0 Å². The summed E-state index contributed by atoms with van der Waals surface area (Å²) in [6.45, 7) is 4.45. The van der Waals surface area contributed by atoms with Gasteiger partial charge in [-0.2, -0.15) is 0 Å². The van der Waals surface area contributed by atoms with Crippen molar-refractivity contribution in [3.63, 3.8) is 0 Å². The molecule has 21 heavy (non-hydrogen) atoms. The minimum atomic E-state index is 0.0109. The van der Waals surface area contributed by atoms with Crippen LogP contribution >= 0.6 is 22.9 Å². The van der Waals surface area contributed by atoms with Gasteiger partial charge in [0.05, 0.1) is 5.38 Å². The molecule has 2 aromatic rings. The fourth-order valence-corrected chi connectivity index (χ4v) is 4.88. The average Bonchev–Trinajstić information content (AvgIpc) is 2.97. The van der Waals surface area contributed by atoms with Crippen LogP contribution in [-0.2, 0) is 25.7 Å². The first-order valence-corrected chi connectivity index (χ1v) is 9.35. The highest BCUT2D eigenvalue weighted by Crippen LogP contribution is 2.39. The molecule has 0 nitrogen and oxygen atoms in total. The van der Waals surface area contributed by atoms with Crippen LogP contribution in [0.15, 0.2) is 24.3 Å². The molecule has 0 aliphatic heterocycles. The number of alkyl halides is 1. The molecule has 112 valence electrons. The van der Waals surface area contributed by atoms with Gasteiger partial charge in [0.2, 0.25) is 0 Å². The number of benzene rings is 1. The fourth-order valence-electron chi connectivity index (χ4n) is 3.28. The van der Waals surface area contributed by atoms with Gasteiger partial charge in [-0.3, -0.25) is 0 Å². The molecular formula is C19H23ClS. The largest absolute Gasteiger partial charge is 0.143 e. The molecule has 3 rings (SSSR count). The van der Waals surface area contributed by atoms with Gasteiger partial charge in [-0.15, -0.1) is 22.9 Å². The van der Waals surface area contributed by atoms with Gasteiger partial charge < -0.3 is 0 Å². The average molecular weight is 319 g/mol. The first-order valence-electron chi connectivity index (χ1n) is 8.10. The smallest absolute Gasteiger partial charge is 0.0928 e. The van der Waals surface area contributed by atoms with Crippen molar-refractivity contribution in [3.8, 4) is 0 Å². The lowest BCUT2D eigenvalue weighted by atomic mass is 9.97. The summed E-state index contributed by atoms with van der Waals surface area (Å²) in [7, 11) is 0. The van der Waals surface area contributed by atoms with Crippen LogP contribution in [0.3, 0.4) is 0 Å². The normalized spacial score (nSPS) is 15.8. The first-order chi connectivity index (χ1) is 10.2. The number of hydrogen-bond donors (Lipinski definition) is 0. The summed E-state index contributed by atoms with van der Waals surface area (Å²) < 4.78 is 0. The van der Waals surface area contributed by atoms with Gasteiger partial charge in [-0.05, 0) is 66.8 Å². The zero-order valence-electron chi connectivity index (χ0n) is 12.9. The summed E-state index contributed by atoms with van der Waals surface area (Å²) in [6.07, 6.45) is 7.35. The molecule has 0 radical (unpaired) electrons. The van der Waals surface area contributed by atoms with E-state index >= 15 is 0 Å². The molecule has 0 amide bonds. The number of fused-ring (bicyclic) bond motifs is 1. The zero-order chi connectivity index (χ0) is 14.8. The molecule has 1 unspecified atom stereocenters. The fraction of sp³-hybridized carbons (Fsp3) is 0.474. The molecule has 0 bridgehead atoms. The molecule has 1 heterocycles. The Labute approximate surface area is 137 Å². The second-order valence-corrected chi connectivity index (χ2v) is 7.51. The van der Waals surface area contributed by atoms with Crippen LogP contribution in [0, 0.1) is 0 Å². The molecule has 1 aliphatic rings. The lowest BCUT2D eigenvalue weighted by molar-refractivity contribution is 0.697. The van der Waals surface area contributed by atoms with Crippen molar-refractivity contribution < 1.29 is 0 Å². The van der Waals surface area contributed by atoms with Crippen LogP contribution in [0.2, 0.25) is 0 Å². The zero-order valence-corrected chi connectivity index (χ0v) is 14.5. The van der Waals surface area contributed by atoms with Gasteiger partial charge in [-0.25, -0.2) is 0 Å². The first kappa shape index (κ1) is 15.1. The maximum Gasteiger partial charge on any atom is 0.0928 e. The number of halogens is 1. The summed E-state index contributed by atoms with van der Waals surface area (Å²) in [6, 6.07) is 9.15. The number of rotatable bonds is 4. The van der Waals surface area contributed by atoms with E-state index in [1.807, 2.05) is 11.3 Å². The molecule has 1 aliphatic carbocycles. The Bertz CT molecular complexity index is 603. The van der Waals surface area contributed by atoms with Crippen molar-refractivity contribution in [2.24, 2.45) is 0 Å². The highest BCUT2D eigenvalue weighted by molar-refractivity contribution is 7.12. The monoisotopic (exact) mass is 318 g/mol. The predicted molar refractivity (Wildman–Crippen MR) is 93.9 cm³/mol. The Morgan fingerprint density at radius 1 is 1.05 bits per heavy atom. The molecule has 0 spiro atoms. The van der Waals surface area contributed by atoms with Gasteiger partial charge in [0.1, 0.15) is 0 Å². The van der Waals surface area contributed by atoms with E-state index in [2.05, 4.69) is 38.1 Å². The third kappa shape index (κ3) is 3.05. The molecule has 0 saturated heterocycles. The van der Waals surface area contributed by atoms with Crippen LogP contribution in [0.25, 0.3) is 0 Å². The Hall–Kier alpha value is -0.790. The minimum Gasteiger partial charge on any atom is -0.143 e. The summed E-state index contributed by atoms with van der Waals surface area (Å²) in [5.74, 6) is 0. The van der Waals surface area contributed by atoms with Crippen molar-refractivity contribution in [1.82, 2.24) is 0 Å². The summed E-state index contributed by atoms with van der Waals surface area (Å²) in [5, 5.41) is 0.0109. The van der Waals surface area contributed by atoms with Gasteiger partial charge in [0.25, 0.3) is 0 Å². The Balaban J connectivity index is 1.90. The second kappa shape index (κ2) is 6.54. The summed E-state index contributed by atoms with van der Waals surface area (Å²) in [5.41, 5.74) is 5.70.